The van der Waals surface area contributed by atoms with Crippen LogP contribution in [-0.2, 0) is 5.41 Å². The van der Waals surface area contributed by atoms with Crippen molar-refractivity contribution in [1.82, 2.24) is 30.0 Å². The molecule has 1 amide bonds. The van der Waals surface area contributed by atoms with Crippen molar-refractivity contribution in [2.75, 3.05) is 6.54 Å². The molecule has 8 heteroatoms. The first-order chi connectivity index (χ1) is 12.4. The largest absolute Gasteiger partial charge is 0.351 e. The Morgan fingerprint density at radius 2 is 2.08 bits per heavy atom. The van der Waals surface area contributed by atoms with Gasteiger partial charge in [-0.3, -0.25) is 9.36 Å². The van der Waals surface area contributed by atoms with Crippen LogP contribution in [0.3, 0.4) is 0 Å². The zero-order chi connectivity index (χ0) is 18.7. The Balaban J connectivity index is 1.77. The van der Waals surface area contributed by atoms with Crippen molar-refractivity contribution >= 4 is 5.91 Å². The topological polar surface area (TPSA) is 98.7 Å². The van der Waals surface area contributed by atoms with Gasteiger partial charge >= 0.3 is 0 Å². The van der Waals surface area contributed by atoms with Gasteiger partial charge in [0, 0.05) is 24.4 Å². The molecule has 3 rings (SSSR count). The predicted octanol–water partition coefficient (Wildman–Crippen LogP) is 2.75. The van der Waals surface area contributed by atoms with Crippen molar-refractivity contribution in [3.8, 4) is 17.3 Å². The summed E-state index contributed by atoms with van der Waals surface area (Å²) < 4.78 is 7.02. The van der Waals surface area contributed by atoms with Crippen molar-refractivity contribution in [3.05, 3.63) is 42.4 Å². The van der Waals surface area contributed by atoms with Crippen LogP contribution in [0.25, 0.3) is 17.3 Å². The molecule has 0 aliphatic heterocycles. The van der Waals surface area contributed by atoms with Crippen LogP contribution < -0.4 is 5.32 Å². The van der Waals surface area contributed by atoms with Gasteiger partial charge in [0.25, 0.3) is 11.8 Å². The van der Waals surface area contributed by atoms with Crippen LogP contribution in [0.4, 0.5) is 0 Å². The van der Waals surface area contributed by atoms with E-state index in [9.17, 15) is 4.79 Å². The quantitative estimate of drug-likeness (QED) is 0.756. The van der Waals surface area contributed by atoms with Gasteiger partial charge in [-0.2, -0.15) is 4.98 Å². The molecule has 1 N–H and O–H groups in total. The molecule has 3 heterocycles. The molecular weight excluding hydrogens is 332 g/mol. The number of pyridine rings is 1. The SMILES string of the molecule is CCCNC(=O)c1cn(-c2ccc(-c3nc(C(C)(C)C)no3)cn2)cn1. The number of carbonyl (C=O) groups is 1. The number of hydrogen-bond acceptors (Lipinski definition) is 6. The van der Waals surface area contributed by atoms with Crippen molar-refractivity contribution in [1.29, 1.82) is 0 Å². The Kier molecular flexibility index (Phi) is 4.83. The standard InChI is InChI=1S/C18H22N6O2/c1-5-8-19-15(25)13-10-24(11-21-13)14-7-6-12(9-20-14)16-22-17(23-26-16)18(2,3)4/h6-7,9-11H,5,8H2,1-4H3,(H,19,25). The van der Waals surface area contributed by atoms with Crippen LogP contribution in [0.2, 0.25) is 0 Å². The summed E-state index contributed by atoms with van der Waals surface area (Å²) in [6.45, 7) is 8.69. The third-order valence-corrected chi connectivity index (χ3v) is 3.71. The highest BCUT2D eigenvalue weighted by atomic mass is 16.5. The van der Waals surface area contributed by atoms with Gasteiger partial charge in [-0.1, -0.05) is 32.9 Å². The maximum atomic E-state index is 11.9. The minimum absolute atomic E-state index is 0.180. The Morgan fingerprint density at radius 1 is 1.27 bits per heavy atom. The van der Waals surface area contributed by atoms with E-state index < -0.39 is 0 Å². The maximum absolute atomic E-state index is 11.9. The van der Waals surface area contributed by atoms with E-state index in [1.807, 2.05) is 39.8 Å². The van der Waals surface area contributed by atoms with Crippen molar-refractivity contribution < 1.29 is 9.32 Å². The van der Waals surface area contributed by atoms with Gasteiger partial charge in [0.15, 0.2) is 5.82 Å². The highest BCUT2D eigenvalue weighted by Gasteiger charge is 2.21. The summed E-state index contributed by atoms with van der Waals surface area (Å²) in [5, 5.41) is 6.81. The first-order valence-corrected chi connectivity index (χ1v) is 8.51. The van der Waals surface area contributed by atoms with E-state index in [1.54, 1.807) is 23.3 Å². The lowest BCUT2D eigenvalue weighted by atomic mass is 9.96. The Labute approximate surface area is 151 Å². The summed E-state index contributed by atoms with van der Waals surface area (Å²) in [5.41, 5.74) is 0.912. The number of hydrogen-bond donors (Lipinski definition) is 1. The van der Waals surface area contributed by atoms with Crippen LogP contribution in [0.5, 0.6) is 0 Å². The van der Waals surface area contributed by atoms with Crippen LogP contribution in [0, 0.1) is 0 Å². The molecule has 0 fully saturated rings. The number of imidazole rings is 1. The molecule has 26 heavy (non-hydrogen) atoms. The number of aromatic nitrogens is 5. The lowest BCUT2D eigenvalue weighted by molar-refractivity contribution is 0.0949. The average Bonchev–Trinajstić information content (AvgIpc) is 3.29. The summed E-state index contributed by atoms with van der Waals surface area (Å²) in [7, 11) is 0. The van der Waals surface area contributed by atoms with Crippen molar-refractivity contribution in [2.45, 2.75) is 39.5 Å². The average molecular weight is 354 g/mol. The van der Waals surface area contributed by atoms with E-state index in [0.717, 1.165) is 12.0 Å². The molecule has 0 radical (unpaired) electrons. The minimum atomic E-state index is -0.192. The summed E-state index contributed by atoms with van der Waals surface area (Å²) in [6, 6.07) is 3.66. The van der Waals surface area contributed by atoms with Gasteiger partial charge in [0.1, 0.15) is 17.8 Å². The van der Waals surface area contributed by atoms with Crippen LogP contribution in [0.15, 0.2) is 35.4 Å². The monoisotopic (exact) mass is 354 g/mol. The fourth-order valence-corrected chi connectivity index (χ4v) is 2.21. The summed E-state index contributed by atoms with van der Waals surface area (Å²) >= 11 is 0. The number of nitrogens with one attached hydrogen (secondary N) is 1. The van der Waals surface area contributed by atoms with Gasteiger partial charge in [-0.25, -0.2) is 9.97 Å². The zero-order valence-corrected chi connectivity index (χ0v) is 15.4. The second-order valence-corrected chi connectivity index (χ2v) is 7.00. The lowest BCUT2D eigenvalue weighted by Gasteiger charge is -2.10. The molecule has 0 saturated heterocycles. The molecule has 0 aromatic carbocycles. The first-order valence-electron chi connectivity index (χ1n) is 8.51. The van der Waals surface area contributed by atoms with Gasteiger partial charge < -0.3 is 9.84 Å². The third kappa shape index (κ3) is 3.79. The van der Waals surface area contributed by atoms with Crippen molar-refractivity contribution in [3.63, 3.8) is 0 Å². The Bertz CT molecular complexity index is 889. The first kappa shape index (κ1) is 17.8. The fourth-order valence-electron chi connectivity index (χ4n) is 2.21. The normalized spacial score (nSPS) is 11.5. The molecular formula is C18H22N6O2. The predicted molar refractivity (Wildman–Crippen MR) is 96.0 cm³/mol. The van der Waals surface area contributed by atoms with Gasteiger partial charge in [0.2, 0.25) is 0 Å². The van der Waals surface area contributed by atoms with E-state index >= 15 is 0 Å². The molecule has 3 aromatic heterocycles. The molecule has 0 spiro atoms. The van der Waals surface area contributed by atoms with Crippen molar-refractivity contribution in [2.24, 2.45) is 0 Å². The van der Waals surface area contributed by atoms with Crippen LogP contribution in [-0.4, -0.2) is 37.1 Å². The zero-order valence-electron chi connectivity index (χ0n) is 15.4. The number of nitrogens with zero attached hydrogens (tertiary/aromatic N) is 5. The van der Waals surface area contributed by atoms with Gasteiger partial charge in [-0.05, 0) is 18.6 Å². The highest BCUT2D eigenvalue weighted by Crippen LogP contribution is 2.23. The van der Waals surface area contributed by atoms with E-state index in [2.05, 4.69) is 25.4 Å². The maximum Gasteiger partial charge on any atom is 0.271 e. The molecule has 0 aliphatic rings. The van der Waals surface area contributed by atoms with E-state index in [1.165, 1.54) is 0 Å². The van der Waals surface area contributed by atoms with E-state index in [-0.39, 0.29) is 11.3 Å². The summed E-state index contributed by atoms with van der Waals surface area (Å²) in [6.07, 6.45) is 5.75. The second kappa shape index (κ2) is 7.07. The molecule has 0 aliphatic carbocycles. The van der Waals surface area contributed by atoms with Crippen LogP contribution >= 0.6 is 0 Å². The molecule has 8 nitrogen and oxygen atoms in total. The molecule has 136 valence electrons. The Morgan fingerprint density at radius 3 is 2.69 bits per heavy atom. The molecule has 0 saturated carbocycles. The molecule has 0 atom stereocenters. The molecule has 0 unspecified atom stereocenters. The van der Waals surface area contributed by atoms with Gasteiger partial charge in [-0.15, -0.1) is 0 Å². The lowest BCUT2D eigenvalue weighted by Crippen LogP contribution is -2.24. The number of rotatable bonds is 5. The summed E-state index contributed by atoms with van der Waals surface area (Å²) in [5.74, 6) is 1.53. The summed E-state index contributed by atoms with van der Waals surface area (Å²) in [4.78, 5) is 24.9. The minimum Gasteiger partial charge on any atom is -0.351 e. The number of carbonyl (C=O) groups excluding carboxylic acids is 1. The highest BCUT2D eigenvalue weighted by molar-refractivity contribution is 5.92. The van der Waals surface area contributed by atoms with Gasteiger partial charge in [0.05, 0.1) is 5.56 Å². The second-order valence-electron chi connectivity index (χ2n) is 7.00. The van der Waals surface area contributed by atoms with Crippen LogP contribution in [0.1, 0.15) is 50.4 Å². The molecule has 0 bridgehead atoms. The van der Waals surface area contributed by atoms with E-state index in [4.69, 9.17) is 4.52 Å². The number of amides is 1. The van der Waals surface area contributed by atoms with E-state index in [0.29, 0.717) is 29.8 Å². The molecule has 3 aromatic rings. The Hall–Kier alpha value is -3.03. The smallest absolute Gasteiger partial charge is 0.271 e. The third-order valence-electron chi connectivity index (χ3n) is 3.71. The fraction of sp³-hybridized carbons (Fsp3) is 0.389.